The van der Waals surface area contributed by atoms with Crippen molar-refractivity contribution >= 4 is 21.7 Å². The molecule has 0 fully saturated rings. The fraction of sp³-hybridized carbons (Fsp3) is 0.467. The van der Waals surface area contributed by atoms with Crippen molar-refractivity contribution in [3.8, 4) is 0 Å². The summed E-state index contributed by atoms with van der Waals surface area (Å²) in [4.78, 5) is 0. The van der Waals surface area contributed by atoms with Crippen molar-refractivity contribution in [2.45, 2.75) is 25.9 Å². The molecule has 0 bridgehead atoms. The summed E-state index contributed by atoms with van der Waals surface area (Å²) >= 11 is 0. The summed E-state index contributed by atoms with van der Waals surface area (Å²) in [5.74, 6) is 0.768. The lowest BCUT2D eigenvalue weighted by molar-refractivity contribution is 0.535. The maximum absolute atomic E-state index is 11.1. The van der Waals surface area contributed by atoms with E-state index >= 15 is 0 Å². The minimum absolute atomic E-state index is 0.392. The van der Waals surface area contributed by atoms with E-state index in [4.69, 9.17) is 0 Å². The number of benzene rings is 1. The van der Waals surface area contributed by atoms with Crippen LogP contribution in [0.5, 0.6) is 0 Å². The molecule has 2 atom stereocenters. The van der Waals surface area contributed by atoms with Gasteiger partial charge in [0.1, 0.15) is 0 Å². The molecular weight excluding hydrogens is 256 g/mol. The van der Waals surface area contributed by atoms with Crippen molar-refractivity contribution in [2.75, 3.05) is 12.0 Å². The van der Waals surface area contributed by atoms with Gasteiger partial charge in [0.25, 0.3) is 0 Å². The molecule has 0 aliphatic rings. The standard InChI is InChI=1S/C15H22N2OS/c1-12(8-9-19(3)18)16-10-13-11-17(2)15-7-5-4-6-14(13)15/h4-7,11-12,16H,8-10H2,1-3H3. The van der Waals surface area contributed by atoms with Crippen LogP contribution in [0.2, 0.25) is 0 Å². The van der Waals surface area contributed by atoms with Gasteiger partial charge >= 0.3 is 0 Å². The maximum atomic E-state index is 11.1. The number of rotatable bonds is 6. The van der Waals surface area contributed by atoms with Gasteiger partial charge in [-0.25, -0.2) is 0 Å². The van der Waals surface area contributed by atoms with E-state index < -0.39 is 10.8 Å². The van der Waals surface area contributed by atoms with Gasteiger partial charge in [0, 0.05) is 59.5 Å². The molecule has 1 aromatic carbocycles. The molecule has 2 aromatic rings. The van der Waals surface area contributed by atoms with Gasteiger partial charge in [-0.2, -0.15) is 0 Å². The van der Waals surface area contributed by atoms with Crippen LogP contribution in [0.1, 0.15) is 18.9 Å². The first kappa shape index (κ1) is 14.3. The highest BCUT2D eigenvalue weighted by Gasteiger charge is 2.07. The third-order valence-electron chi connectivity index (χ3n) is 3.46. The van der Waals surface area contributed by atoms with E-state index in [-0.39, 0.29) is 0 Å². The minimum Gasteiger partial charge on any atom is -0.350 e. The van der Waals surface area contributed by atoms with Crippen LogP contribution in [0.25, 0.3) is 10.9 Å². The highest BCUT2D eigenvalue weighted by molar-refractivity contribution is 7.84. The molecule has 104 valence electrons. The topological polar surface area (TPSA) is 34.0 Å². The molecule has 0 aliphatic carbocycles. The largest absolute Gasteiger partial charge is 0.350 e. The van der Waals surface area contributed by atoms with E-state index in [0.29, 0.717) is 6.04 Å². The fourth-order valence-electron chi connectivity index (χ4n) is 2.30. The van der Waals surface area contributed by atoms with E-state index in [9.17, 15) is 4.21 Å². The van der Waals surface area contributed by atoms with Gasteiger partial charge in [-0.05, 0) is 25.0 Å². The molecule has 0 spiro atoms. The van der Waals surface area contributed by atoms with Gasteiger partial charge in [-0.3, -0.25) is 4.21 Å². The van der Waals surface area contributed by atoms with Crippen LogP contribution in [-0.2, 0) is 24.4 Å². The first-order valence-corrected chi connectivity index (χ1v) is 8.37. The Morgan fingerprint density at radius 2 is 2.11 bits per heavy atom. The smallest absolute Gasteiger partial charge is 0.0481 e. The summed E-state index contributed by atoms with van der Waals surface area (Å²) in [7, 11) is 1.38. The Balaban J connectivity index is 2.00. The lowest BCUT2D eigenvalue weighted by Crippen LogP contribution is -2.26. The molecule has 0 saturated carbocycles. The summed E-state index contributed by atoms with van der Waals surface area (Å²) < 4.78 is 13.2. The van der Waals surface area contributed by atoms with E-state index in [0.717, 1.165) is 18.7 Å². The second-order valence-electron chi connectivity index (χ2n) is 5.13. The number of aromatic nitrogens is 1. The fourth-order valence-corrected chi connectivity index (χ4v) is 2.98. The predicted octanol–water partition coefficient (Wildman–Crippen LogP) is 2.42. The highest BCUT2D eigenvalue weighted by atomic mass is 32.2. The lowest BCUT2D eigenvalue weighted by atomic mass is 10.1. The van der Waals surface area contributed by atoms with Crippen LogP contribution in [0.4, 0.5) is 0 Å². The Labute approximate surface area is 117 Å². The minimum atomic E-state index is -0.696. The summed E-state index contributed by atoms with van der Waals surface area (Å²) in [6.07, 6.45) is 4.90. The maximum Gasteiger partial charge on any atom is 0.0481 e. The summed E-state index contributed by atoms with van der Waals surface area (Å²) in [6, 6.07) is 8.84. The molecule has 1 aromatic heterocycles. The van der Waals surface area contributed by atoms with Crippen molar-refractivity contribution in [1.82, 2.24) is 9.88 Å². The van der Waals surface area contributed by atoms with Crippen LogP contribution in [0, 0.1) is 0 Å². The van der Waals surface area contributed by atoms with Crippen molar-refractivity contribution in [3.05, 3.63) is 36.0 Å². The molecule has 2 rings (SSSR count). The van der Waals surface area contributed by atoms with Crippen molar-refractivity contribution in [3.63, 3.8) is 0 Å². The summed E-state index contributed by atoms with van der Waals surface area (Å²) in [5, 5.41) is 4.82. The molecule has 2 unspecified atom stereocenters. The molecule has 0 saturated heterocycles. The van der Waals surface area contributed by atoms with Gasteiger partial charge in [-0.1, -0.05) is 18.2 Å². The zero-order valence-electron chi connectivity index (χ0n) is 11.8. The molecule has 0 aliphatic heterocycles. The van der Waals surface area contributed by atoms with Gasteiger partial charge in [-0.15, -0.1) is 0 Å². The van der Waals surface area contributed by atoms with Gasteiger partial charge in [0.2, 0.25) is 0 Å². The number of para-hydroxylation sites is 1. The van der Waals surface area contributed by atoms with Crippen molar-refractivity contribution < 1.29 is 4.21 Å². The molecule has 19 heavy (non-hydrogen) atoms. The molecule has 0 radical (unpaired) electrons. The molecule has 3 nitrogen and oxygen atoms in total. The molecule has 0 amide bonds. The van der Waals surface area contributed by atoms with E-state index in [1.54, 1.807) is 6.26 Å². The van der Waals surface area contributed by atoms with Crippen molar-refractivity contribution in [2.24, 2.45) is 7.05 Å². The lowest BCUT2D eigenvalue weighted by Gasteiger charge is -2.12. The predicted molar refractivity (Wildman–Crippen MR) is 82.8 cm³/mol. The van der Waals surface area contributed by atoms with Crippen LogP contribution >= 0.6 is 0 Å². The van der Waals surface area contributed by atoms with Gasteiger partial charge in [0.05, 0.1) is 0 Å². The first-order chi connectivity index (χ1) is 9.08. The Morgan fingerprint density at radius 3 is 2.84 bits per heavy atom. The summed E-state index contributed by atoms with van der Waals surface area (Å²) in [6.45, 7) is 3.01. The second-order valence-corrected chi connectivity index (χ2v) is 6.68. The van der Waals surface area contributed by atoms with Crippen molar-refractivity contribution in [1.29, 1.82) is 0 Å². The molecule has 1 heterocycles. The second kappa shape index (κ2) is 6.35. The zero-order valence-corrected chi connectivity index (χ0v) is 12.7. The van der Waals surface area contributed by atoms with Gasteiger partial charge in [0.15, 0.2) is 0 Å². The molecular formula is C15H22N2OS. The number of fused-ring (bicyclic) bond motifs is 1. The zero-order chi connectivity index (χ0) is 13.8. The Morgan fingerprint density at radius 1 is 1.37 bits per heavy atom. The highest BCUT2D eigenvalue weighted by Crippen LogP contribution is 2.20. The number of aryl methyl sites for hydroxylation is 1. The van der Waals surface area contributed by atoms with E-state index in [1.807, 2.05) is 0 Å². The third kappa shape index (κ3) is 3.67. The molecule has 4 heteroatoms. The first-order valence-electron chi connectivity index (χ1n) is 6.64. The SMILES string of the molecule is CC(CCS(C)=O)NCc1cn(C)c2ccccc12. The Bertz CT molecular complexity index is 577. The van der Waals surface area contributed by atoms with Crippen LogP contribution in [-0.4, -0.2) is 26.8 Å². The number of nitrogens with one attached hydrogen (secondary N) is 1. The van der Waals surface area contributed by atoms with Crippen LogP contribution in [0.3, 0.4) is 0 Å². The van der Waals surface area contributed by atoms with Crippen LogP contribution < -0.4 is 5.32 Å². The average Bonchev–Trinajstić information content (AvgIpc) is 2.71. The van der Waals surface area contributed by atoms with Gasteiger partial charge < -0.3 is 9.88 Å². The average molecular weight is 278 g/mol. The number of hydrogen-bond acceptors (Lipinski definition) is 2. The van der Waals surface area contributed by atoms with E-state index in [2.05, 4.69) is 54.3 Å². The van der Waals surface area contributed by atoms with Crippen LogP contribution in [0.15, 0.2) is 30.5 Å². The Kier molecular flexibility index (Phi) is 4.77. The summed E-state index contributed by atoms with van der Waals surface area (Å²) in [5.41, 5.74) is 2.59. The third-order valence-corrected chi connectivity index (χ3v) is 4.27. The normalized spacial score (nSPS) is 14.7. The quantitative estimate of drug-likeness (QED) is 0.880. The Hall–Kier alpha value is -1.13. The number of hydrogen-bond donors (Lipinski definition) is 1. The number of nitrogens with zero attached hydrogens (tertiary/aromatic N) is 1. The monoisotopic (exact) mass is 278 g/mol. The van der Waals surface area contributed by atoms with E-state index in [1.165, 1.54) is 16.5 Å². The molecule has 1 N–H and O–H groups in total.